The van der Waals surface area contributed by atoms with Crippen molar-refractivity contribution in [2.75, 3.05) is 22.4 Å². The SMILES string of the molecule is CS(=O)(=O)N1CCCc2cc(C(=O)Nc3ccccc3Br)ccc21. The highest BCUT2D eigenvalue weighted by atomic mass is 79.9. The number of fused-ring (bicyclic) bond motifs is 1. The predicted molar refractivity (Wildman–Crippen MR) is 99.0 cm³/mol. The lowest BCUT2D eigenvalue weighted by atomic mass is 10.0. The molecule has 24 heavy (non-hydrogen) atoms. The molecular weight excluding hydrogens is 392 g/mol. The number of carbonyl (C=O) groups excluding carboxylic acids is 1. The van der Waals surface area contributed by atoms with Gasteiger partial charge in [-0.05, 0) is 64.7 Å². The number of rotatable bonds is 3. The Morgan fingerprint density at radius 2 is 1.96 bits per heavy atom. The largest absolute Gasteiger partial charge is 0.321 e. The van der Waals surface area contributed by atoms with Crippen molar-refractivity contribution in [3.63, 3.8) is 0 Å². The molecule has 0 aliphatic carbocycles. The molecule has 0 saturated carbocycles. The fraction of sp³-hybridized carbons (Fsp3) is 0.235. The quantitative estimate of drug-likeness (QED) is 0.845. The van der Waals surface area contributed by atoms with E-state index < -0.39 is 10.0 Å². The summed E-state index contributed by atoms with van der Waals surface area (Å²) in [5, 5.41) is 2.86. The Bertz CT molecular complexity index is 896. The molecule has 2 aromatic rings. The minimum atomic E-state index is -3.30. The fourth-order valence-electron chi connectivity index (χ4n) is 2.81. The summed E-state index contributed by atoms with van der Waals surface area (Å²) in [6.45, 7) is 0.480. The normalized spacial score (nSPS) is 14.2. The van der Waals surface area contributed by atoms with Crippen LogP contribution < -0.4 is 9.62 Å². The van der Waals surface area contributed by atoms with E-state index in [1.807, 2.05) is 24.3 Å². The third kappa shape index (κ3) is 3.47. The van der Waals surface area contributed by atoms with Gasteiger partial charge in [0.1, 0.15) is 0 Å². The van der Waals surface area contributed by atoms with Crippen molar-refractivity contribution >= 4 is 43.2 Å². The number of hydrogen-bond acceptors (Lipinski definition) is 3. The highest BCUT2D eigenvalue weighted by molar-refractivity contribution is 9.10. The van der Waals surface area contributed by atoms with Gasteiger partial charge in [-0.2, -0.15) is 0 Å². The lowest BCUT2D eigenvalue weighted by Crippen LogP contribution is -2.34. The average molecular weight is 409 g/mol. The van der Waals surface area contributed by atoms with Gasteiger partial charge in [-0.15, -0.1) is 0 Å². The van der Waals surface area contributed by atoms with Gasteiger partial charge in [-0.25, -0.2) is 8.42 Å². The number of carbonyl (C=O) groups is 1. The number of nitrogens with one attached hydrogen (secondary N) is 1. The Morgan fingerprint density at radius 3 is 2.67 bits per heavy atom. The number of anilines is 2. The number of halogens is 1. The first-order valence-corrected chi connectivity index (χ1v) is 10.2. The molecule has 0 unspecified atom stereocenters. The Balaban J connectivity index is 1.89. The van der Waals surface area contributed by atoms with E-state index in [2.05, 4.69) is 21.2 Å². The van der Waals surface area contributed by atoms with E-state index in [-0.39, 0.29) is 5.91 Å². The average Bonchev–Trinajstić information content (AvgIpc) is 2.55. The second-order valence-corrected chi connectivity index (χ2v) is 8.48. The third-order valence-corrected chi connectivity index (χ3v) is 5.81. The van der Waals surface area contributed by atoms with Crippen LogP contribution in [0.15, 0.2) is 46.9 Å². The number of aryl methyl sites for hydroxylation is 1. The molecule has 1 N–H and O–H groups in total. The topological polar surface area (TPSA) is 66.5 Å². The number of nitrogens with zero attached hydrogens (tertiary/aromatic N) is 1. The van der Waals surface area contributed by atoms with Crippen LogP contribution in [0.5, 0.6) is 0 Å². The third-order valence-electron chi connectivity index (χ3n) is 3.94. The number of benzene rings is 2. The second-order valence-electron chi connectivity index (χ2n) is 5.72. The van der Waals surface area contributed by atoms with E-state index in [0.717, 1.165) is 22.9 Å². The summed E-state index contributed by atoms with van der Waals surface area (Å²) in [6, 6.07) is 12.5. The van der Waals surface area contributed by atoms with Crippen molar-refractivity contribution in [3.8, 4) is 0 Å². The lowest BCUT2D eigenvalue weighted by Gasteiger charge is -2.29. The maximum Gasteiger partial charge on any atom is 0.255 e. The Labute approximate surface area is 149 Å². The van der Waals surface area contributed by atoms with Crippen LogP contribution in [-0.4, -0.2) is 27.1 Å². The molecule has 0 fully saturated rings. The molecule has 0 spiro atoms. The van der Waals surface area contributed by atoms with Crippen LogP contribution in [0.3, 0.4) is 0 Å². The van der Waals surface area contributed by atoms with Crippen molar-refractivity contribution in [2.24, 2.45) is 0 Å². The van der Waals surface area contributed by atoms with Gasteiger partial charge in [-0.3, -0.25) is 9.10 Å². The number of hydrogen-bond donors (Lipinski definition) is 1. The van der Waals surface area contributed by atoms with Crippen LogP contribution in [0.1, 0.15) is 22.3 Å². The van der Waals surface area contributed by atoms with Crippen molar-refractivity contribution < 1.29 is 13.2 Å². The Kier molecular flexibility index (Phi) is 4.64. The molecule has 0 saturated heterocycles. The second kappa shape index (κ2) is 6.57. The first-order chi connectivity index (χ1) is 11.4. The zero-order valence-corrected chi connectivity index (χ0v) is 15.5. The first kappa shape index (κ1) is 17.0. The molecule has 0 atom stereocenters. The summed E-state index contributed by atoms with van der Waals surface area (Å²) in [4.78, 5) is 12.5. The van der Waals surface area contributed by atoms with Crippen molar-refractivity contribution in [3.05, 3.63) is 58.1 Å². The summed E-state index contributed by atoms with van der Waals surface area (Å²) >= 11 is 3.40. The van der Waals surface area contributed by atoms with E-state index in [1.165, 1.54) is 10.6 Å². The van der Waals surface area contributed by atoms with Crippen molar-refractivity contribution in [2.45, 2.75) is 12.8 Å². The minimum absolute atomic E-state index is 0.221. The molecule has 1 heterocycles. The summed E-state index contributed by atoms with van der Waals surface area (Å²) in [5.74, 6) is -0.221. The van der Waals surface area contributed by atoms with Gasteiger partial charge in [0.25, 0.3) is 5.91 Å². The van der Waals surface area contributed by atoms with Gasteiger partial charge >= 0.3 is 0 Å². The maximum absolute atomic E-state index is 12.5. The summed E-state index contributed by atoms with van der Waals surface area (Å²) in [6.07, 6.45) is 2.71. The van der Waals surface area contributed by atoms with E-state index in [0.29, 0.717) is 23.5 Å². The lowest BCUT2D eigenvalue weighted by molar-refractivity contribution is 0.102. The van der Waals surface area contributed by atoms with Gasteiger partial charge in [0, 0.05) is 16.6 Å². The smallest absolute Gasteiger partial charge is 0.255 e. The molecule has 0 radical (unpaired) electrons. The first-order valence-electron chi connectivity index (χ1n) is 7.53. The molecule has 3 rings (SSSR count). The van der Waals surface area contributed by atoms with Crippen LogP contribution in [-0.2, 0) is 16.4 Å². The molecule has 0 bridgehead atoms. The van der Waals surface area contributed by atoms with Crippen LogP contribution in [0.2, 0.25) is 0 Å². The fourth-order valence-corrected chi connectivity index (χ4v) is 4.19. The summed E-state index contributed by atoms with van der Waals surface area (Å²) < 4.78 is 26.0. The van der Waals surface area contributed by atoms with Gasteiger partial charge in [-0.1, -0.05) is 12.1 Å². The summed E-state index contributed by atoms with van der Waals surface area (Å²) in [5.41, 5.74) is 2.76. The Hall–Kier alpha value is -1.86. The van der Waals surface area contributed by atoms with Gasteiger partial charge in [0.2, 0.25) is 10.0 Å². The van der Waals surface area contributed by atoms with Crippen LogP contribution in [0, 0.1) is 0 Å². The van der Waals surface area contributed by atoms with Crippen molar-refractivity contribution in [1.29, 1.82) is 0 Å². The molecule has 1 amide bonds. The zero-order chi connectivity index (χ0) is 17.3. The minimum Gasteiger partial charge on any atom is -0.321 e. The van der Waals surface area contributed by atoms with E-state index in [4.69, 9.17) is 0 Å². The molecule has 126 valence electrons. The van der Waals surface area contributed by atoms with Gasteiger partial charge < -0.3 is 5.32 Å². The summed E-state index contributed by atoms with van der Waals surface area (Å²) in [7, 11) is -3.30. The van der Waals surface area contributed by atoms with Crippen LogP contribution in [0.25, 0.3) is 0 Å². The van der Waals surface area contributed by atoms with Crippen LogP contribution >= 0.6 is 15.9 Å². The molecule has 1 aliphatic rings. The highest BCUT2D eigenvalue weighted by Crippen LogP contribution is 2.30. The maximum atomic E-state index is 12.5. The Morgan fingerprint density at radius 1 is 1.21 bits per heavy atom. The molecule has 5 nitrogen and oxygen atoms in total. The number of sulfonamides is 1. The van der Waals surface area contributed by atoms with Crippen LogP contribution in [0.4, 0.5) is 11.4 Å². The predicted octanol–water partition coefficient (Wildman–Crippen LogP) is 3.41. The van der Waals surface area contributed by atoms with E-state index in [9.17, 15) is 13.2 Å². The highest BCUT2D eigenvalue weighted by Gasteiger charge is 2.24. The standard InChI is InChI=1S/C17H17BrN2O3S/c1-24(22,23)20-10-4-5-12-11-13(8-9-16(12)20)17(21)19-15-7-3-2-6-14(15)18/h2-3,6-9,11H,4-5,10H2,1H3,(H,19,21). The monoisotopic (exact) mass is 408 g/mol. The molecule has 1 aliphatic heterocycles. The van der Waals surface area contributed by atoms with E-state index in [1.54, 1.807) is 18.2 Å². The molecule has 0 aromatic heterocycles. The number of amides is 1. The van der Waals surface area contributed by atoms with Gasteiger partial charge in [0.15, 0.2) is 0 Å². The molecule has 2 aromatic carbocycles. The van der Waals surface area contributed by atoms with Crippen molar-refractivity contribution in [1.82, 2.24) is 0 Å². The molecule has 7 heteroatoms. The zero-order valence-electron chi connectivity index (χ0n) is 13.1. The van der Waals surface area contributed by atoms with Gasteiger partial charge in [0.05, 0.1) is 17.6 Å². The molecular formula is C17H17BrN2O3S. The van der Waals surface area contributed by atoms with E-state index >= 15 is 0 Å². The number of para-hydroxylation sites is 1.